The second-order valence-corrected chi connectivity index (χ2v) is 5.03. The highest BCUT2D eigenvalue weighted by atomic mass is 79.9. The Morgan fingerprint density at radius 1 is 1.53 bits per heavy atom. The zero-order valence-corrected chi connectivity index (χ0v) is 11.7. The van der Waals surface area contributed by atoms with Crippen molar-refractivity contribution in [1.29, 1.82) is 0 Å². The van der Waals surface area contributed by atoms with E-state index in [-0.39, 0.29) is 11.2 Å². The van der Waals surface area contributed by atoms with E-state index in [4.69, 9.17) is 0 Å². The van der Waals surface area contributed by atoms with Crippen LogP contribution in [0.15, 0.2) is 16.7 Å². The van der Waals surface area contributed by atoms with E-state index in [9.17, 15) is 10.1 Å². The Morgan fingerprint density at radius 2 is 2.12 bits per heavy atom. The maximum absolute atomic E-state index is 10.6. The standard InChI is InChI=1S/C11H16BrN3O2/c1-4-11(3,5-2)14-10-9(12)6-8(7-13-10)15(16)17/h6-7H,4-5H2,1-3H3,(H,13,14). The summed E-state index contributed by atoms with van der Waals surface area (Å²) in [6, 6.07) is 1.46. The molecule has 1 heterocycles. The summed E-state index contributed by atoms with van der Waals surface area (Å²) < 4.78 is 0.611. The van der Waals surface area contributed by atoms with Crippen molar-refractivity contribution in [2.24, 2.45) is 0 Å². The molecule has 5 nitrogen and oxygen atoms in total. The zero-order chi connectivity index (χ0) is 13.1. The molecule has 0 radical (unpaired) electrons. The third-order valence-electron chi connectivity index (χ3n) is 3.02. The van der Waals surface area contributed by atoms with Crippen LogP contribution in [0.4, 0.5) is 11.5 Å². The average Bonchev–Trinajstić information content (AvgIpc) is 2.31. The van der Waals surface area contributed by atoms with Crippen LogP contribution in [0.2, 0.25) is 0 Å². The highest BCUT2D eigenvalue weighted by Gasteiger charge is 2.21. The predicted octanol–water partition coefficient (Wildman–Crippen LogP) is 3.74. The topological polar surface area (TPSA) is 68.1 Å². The molecule has 1 aromatic heterocycles. The number of pyridine rings is 1. The molecule has 17 heavy (non-hydrogen) atoms. The van der Waals surface area contributed by atoms with E-state index < -0.39 is 4.92 Å². The SMILES string of the molecule is CCC(C)(CC)Nc1ncc([N+](=O)[O-])cc1Br. The molecular weight excluding hydrogens is 286 g/mol. The van der Waals surface area contributed by atoms with Crippen LogP contribution < -0.4 is 5.32 Å². The van der Waals surface area contributed by atoms with E-state index in [2.05, 4.69) is 47.0 Å². The molecule has 0 unspecified atom stereocenters. The molecule has 0 aliphatic carbocycles. The van der Waals surface area contributed by atoms with Crippen LogP contribution in [0.1, 0.15) is 33.6 Å². The lowest BCUT2D eigenvalue weighted by Gasteiger charge is -2.29. The quantitative estimate of drug-likeness (QED) is 0.664. The van der Waals surface area contributed by atoms with Gasteiger partial charge in [0, 0.05) is 11.6 Å². The van der Waals surface area contributed by atoms with Crippen LogP contribution >= 0.6 is 15.9 Å². The number of halogens is 1. The van der Waals surface area contributed by atoms with Crippen LogP contribution in [0.25, 0.3) is 0 Å². The number of anilines is 1. The van der Waals surface area contributed by atoms with E-state index >= 15 is 0 Å². The predicted molar refractivity (Wildman–Crippen MR) is 71.2 cm³/mol. The molecule has 1 aromatic rings. The lowest BCUT2D eigenvalue weighted by atomic mass is 9.96. The van der Waals surface area contributed by atoms with Crippen LogP contribution in [-0.2, 0) is 0 Å². The number of nitrogens with one attached hydrogen (secondary N) is 1. The summed E-state index contributed by atoms with van der Waals surface area (Å²) >= 11 is 3.30. The Balaban J connectivity index is 2.97. The number of hydrogen-bond acceptors (Lipinski definition) is 4. The summed E-state index contributed by atoms with van der Waals surface area (Å²) in [6.07, 6.45) is 3.17. The Hall–Kier alpha value is -1.17. The Bertz CT molecular complexity index is 419. The van der Waals surface area contributed by atoms with Gasteiger partial charge in [0.2, 0.25) is 0 Å². The average molecular weight is 302 g/mol. The third-order valence-corrected chi connectivity index (χ3v) is 3.62. The van der Waals surface area contributed by atoms with E-state index in [1.807, 2.05) is 0 Å². The first kappa shape index (κ1) is 13.9. The van der Waals surface area contributed by atoms with E-state index in [0.717, 1.165) is 12.8 Å². The monoisotopic (exact) mass is 301 g/mol. The molecule has 0 bridgehead atoms. The zero-order valence-electron chi connectivity index (χ0n) is 10.2. The summed E-state index contributed by atoms with van der Waals surface area (Å²) in [5.74, 6) is 0.641. The Morgan fingerprint density at radius 3 is 2.53 bits per heavy atom. The van der Waals surface area contributed by atoms with Crippen molar-refractivity contribution in [2.75, 3.05) is 5.32 Å². The summed E-state index contributed by atoms with van der Waals surface area (Å²) in [4.78, 5) is 14.2. The number of nitrogens with zero attached hydrogens (tertiary/aromatic N) is 2. The summed E-state index contributed by atoms with van der Waals surface area (Å²) in [5, 5.41) is 13.9. The molecule has 0 aromatic carbocycles. The minimum atomic E-state index is -0.458. The van der Waals surface area contributed by atoms with Gasteiger partial charge in [0.05, 0.1) is 9.40 Å². The molecule has 1 rings (SSSR count). The smallest absolute Gasteiger partial charge is 0.288 e. The second-order valence-electron chi connectivity index (χ2n) is 4.17. The summed E-state index contributed by atoms with van der Waals surface area (Å²) in [6.45, 7) is 6.29. The van der Waals surface area contributed by atoms with Gasteiger partial charge in [-0.1, -0.05) is 13.8 Å². The first-order chi connectivity index (χ1) is 7.91. The van der Waals surface area contributed by atoms with Gasteiger partial charge in [0.25, 0.3) is 5.69 Å². The van der Waals surface area contributed by atoms with Crippen LogP contribution in [-0.4, -0.2) is 15.4 Å². The molecule has 0 saturated carbocycles. The van der Waals surface area contributed by atoms with Crippen molar-refractivity contribution in [3.63, 3.8) is 0 Å². The molecule has 0 spiro atoms. The minimum absolute atomic E-state index is 0.0166. The van der Waals surface area contributed by atoms with Gasteiger partial charge in [-0.2, -0.15) is 0 Å². The highest BCUT2D eigenvalue weighted by molar-refractivity contribution is 9.10. The Kier molecular flexibility index (Phi) is 4.45. The van der Waals surface area contributed by atoms with Crippen molar-refractivity contribution in [1.82, 2.24) is 4.98 Å². The number of rotatable bonds is 5. The van der Waals surface area contributed by atoms with Crippen LogP contribution in [0, 0.1) is 10.1 Å². The van der Waals surface area contributed by atoms with Gasteiger partial charge in [-0.15, -0.1) is 0 Å². The van der Waals surface area contributed by atoms with E-state index in [1.54, 1.807) is 0 Å². The molecule has 6 heteroatoms. The first-order valence-corrected chi connectivity index (χ1v) is 6.29. The molecule has 0 fully saturated rings. The molecule has 0 saturated heterocycles. The summed E-state index contributed by atoms with van der Waals surface area (Å²) in [5.41, 5.74) is -0.0665. The maximum atomic E-state index is 10.6. The van der Waals surface area contributed by atoms with Crippen molar-refractivity contribution in [3.05, 3.63) is 26.9 Å². The number of aromatic nitrogens is 1. The fourth-order valence-corrected chi connectivity index (χ4v) is 1.77. The van der Waals surface area contributed by atoms with Gasteiger partial charge in [0.15, 0.2) is 0 Å². The van der Waals surface area contributed by atoms with E-state index in [0.29, 0.717) is 10.3 Å². The van der Waals surface area contributed by atoms with Gasteiger partial charge in [-0.25, -0.2) is 4.98 Å². The molecule has 0 aliphatic rings. The van der Waals surface area contributed by atoms with Gasteiger partial charge >= 0.3 is 0 Å². The molecule has 0 amide bonds. The number of nitro groups is 1. The minimum Gasteiger partial charge on any atom is -0.364 e. The van der Waals surface area contributed by atoms with E-state index in [1.165, 1.54) is 12.3 Å². The fraction of sp³-hybridized carbons (Fsp3) is 0.545. The molecule has 0 aliphatic heterocycles. The van der Waals surface area contributed by atoms with Crippen molar-refractivity contribution in [2.45, 2.75) is 39.2 Å². The Labute approximate surface area is 109 Å². The van der Waals surface area contributed by atoms with Crippen molar-refractivity contribution in [3.8, 4) is 0 Å². The van der Waals surface area contributed by atoms with Crippen LogP contribution in [0.5, 0.6) is 0 Å². The fourth-order valence-electron chi connectivity index (χ4n) is 1.33. The second kappa shape index (κ2) is 5.44. The third kappa shape index (κ3) is 3.39. The molecule has 94 valence electrons. The van der Waals surface area contributed by atoms with Gasteiger partial charge < -0.3 is 5.32 Å². The lowest BCUT2D eigenvalue weighted by Crippen LogP contribution is -2.33. The molecule has 0 atom stereocenters. The van der Waals surface area contributed by atoms with Gasteiger partial charge in [-0.3, -0.25) is 10.1 Å². The first-order valence-electron chi connectivity index (χ1n) is 5.50. The van der Waals surface area contributed by atoms with Crippen LogP contribution in [0.3, 0.4) is 0 Å². The lowest BCUT2D eigenvalue weighted by molar-refractivity contribution is -0.385. The molecular formula is C11H16BrN3O2. The summed E-state index contributed by atoms with van der Waals surface area (Å²) in [7, 11) is 0. The van der Waals surface area contributed by atoms with Crippen molar-refractivity contribution >= 4 is 27.4 Å². The van der Waals surface area contributed by atoms with Gasteiger partial charge in [-0.05, 0) is 35.7 Å². The highest BCUT2D eigenvalue weighted by Crippen LogP contribution is 2.28. The maximum Gasteiger partial charge on any atom is 0.288 e. The largest absolute Gasteiger partial charge is 0.364 e. The number of hydrogen-bond donors (Lipinski definition) is 1. The van der Waals surface area contributed by atoms with Crippen molar-refractivity contribution < 1.29 is 4.92 Å². The normalized spacial score (nSPS) is 11.3. The molecule has 1 N–H and O–H groups in total. The van der Waals surface area contributed by atoms with Gasteiger partial charge in [0.1, 0.15) is 12.0 Å².